The summed E-state index contributed by atoms with van der Waals surface area (Å²) in [5.41, 5.74) is 1.19. The van der Waals surface area contributed by atoms with Gasteiger partial charge in [0.15, 0.2) is 11.9 Å². The molecule has 0 bridgehead atoms. The number of rotatable bonds is 6. The van der Waals surface area contributed by atoms with Crippen LogP contribution in [0.25, 0.3) is 0 Å². The van der Waals surface area contributed by atoms with Gasteiger partial charge < -0.3 is 10.1 Å². The predicted octanol–water partition coefficient (Wildman–Crippen LogP) is 3.23. The molecule has 1 saturated carbocycles. The first kappa shape index (κ1) is 21.2. The maximum Gasteiger partial charge on any atom is 0.338 e. The topological polar surface area (TPSA) is 102 Å². The Hall–Kier alpha value is -3.48. The SMILES string of the molecule is C[C@@H](OC(=O)c1ccc(C(=O)c2ccccc2)cc1)C(=O)NC(=O)NC1CCCC1. The maximum atomic E-state index is 12.4. The Morgan fingerprint density at radius 2 is 1.43 bits per heavy atom. The Labute approximate surface area is 174 Å². The van der Waals surface area contributed by atoms with E-state index in [0.29, 0.717) is 11.1 Å². The molecule has 0 aromatic heterocycles. The Morgan fingerprint density at radius 3 is 2.07 bits per heavy atom. The monoisotopic (exact) mass is 408 g/mol. The van der Waals surface area contributed by atoms with E-state index in [-0.39, 0.29) is 17.4 Å². The van der Waals surface area contributed by atoms with E-state index in [1.54, 1.807) is 24.3 Å². The van der Waals surface area contributed by atoms with Gasteiger partial charge >= 0.3 is 12.0 Å². The smallest absolute Gasteiger partial charge is 0.338 e. The Bertz CT molecular complexity index is 918. The lowest BCUT2D eigenvalue weighted by Crippen LogP contribution is -2.47. The number of carbonyl (C=O) groups is 4. The number of benzene rings is 2. The Balaban J connectivity index is 1.52. The van der Waals surface area contributed by atoms with Crippen LogP contribution in [0, 0.1) is 0 Å². The highest BCUT2D eigenvalue weighted by Crippen LogP contribution is 2.17. The highest BCUT2D eigenvalue weighted by atomic mass is 16.5. The fraction of sp³-hybridized carbons (Fsp3) is 0.304. The number of hydrogen-bond acceptors (Lipinski definition) is 5. The van der Waals surface area contributed by atoms with Crippen molar-refractivity contribution in [3.8, 4) is 0 Å². The van der Waals surface area contributed by atoms with Crippen molar-refractivity contribution in [1.82, 2.24) is 10.6 Å². The molecule has 0 saturated heterocycles. The van der Waals surface area contributed by atoms with E-state index in [1.165, 1.54) is 31.2 Å². The molecule has 0 radical (unpaired) electrons. The summed E-state index contributed by atoms with van der Waals surface area (Å²) in [5.74, 6) is -1.57. The van der Waals surface area contributed by atoms with Crippen LogP contribution in [0.4, 0.5) is 4.79 Å². The number of ketones is 1. The fourth-order valence-corrected chi connectivity index (χ4v) is 3.30. The molecule has 7 heteroatoms. The van der Waals surface area contributed by atoms with Crippen molar-refractivity contribution in [3.63, 3.8) is 0 Å². The molecule has 3 amide bonds. The number of ether oxygens (including phenoxy) is 1. The molecule has 0 spiro atoms. The largest absolute Gasteiger partial charge is 0.449 e. The van der Waals surface area contributed by atoms with Crippen LogP contribution in [0.5, 0.6) is 0 Å². The summed E-state index contributed by atoms with van der Waals surface area (Å²) in [6, 6.07) is 14.3. The Morgan fingerprint density at radius 1 is 0.867 bits per heavy atom. The summed E-state index contributed by atoms with van der Waals surface area (Å²) >= 11 is 0. The highest BCUT2D eigenvalue weighted by molar-refractivity contribution is 6.09. The third kappa shape index (κ3) is 5.53. The lowest BCUT2D eigenvalue weighted by atomic mass is 10.0. The minimum Gasteiger partial charge on any atom is -0.449 e. The van der Waals surface area contributed by atoms with Gasteiger partial charge in [0.2, 0.25) is 0 Å². The lowest BCUT2D eigenvalue weighted by molar-refractivity contribution is -0.127. The molecule has 3 rings (SSSR count). The zero-order valence-electron chi connectivity index (χ0n) is 16.7. The van der Waals surface area contributed by atoms with Crippen LogP contribution in [0.1, 0.15) is 58.9 Å². The van der Waals surface area contributed by atoms with Crippen LogP contribution >= 0.6 is 0 Å². The van der Waals surface area contributed by atoms with E-state index in [4.69, 9.17) is 4.74 Å². The minimum atomic E-state index is -1.14. The molecule has 2 N–H and O–H groups in total. The van der Waals surface area contributed by atoms with Crippen molar-refractivity contribution in [2.24, 2.45) is 0 Å². The summed E-state index contributed by atoms with van der Waals surface area (Å²) in [4.78, 5) is 48.7. The molecule has 2 aromatic rings. The quantitative estimate of drug-likeness (QED) is 0.564. The van der Waals surface area contributed by atoms with Gasteiger partial charge in [-0.25, -0.2) is 9.59 Å². The van der Waals surface area contributed by atoms with Gasteiger partial charge in [0.05, 0.1) is 5.56 Å². The average molecular weight is 408 g/mol. The third-order valence-electron chi connectivity index (χ3n) is 5.00. The molecule has 2 aromatic carbocycles. The number of esters is 1. The van der Waals surface area contributed by atoms with Crippen molar-refractivity contribution in [2.45, 2.75) is 44.8 Å². The van der Waals surface area contributed by atoms with Crippen molar-refractivity contribution in [1.29, 1.82) is 0 Å². The van der Waals surface area contributed by atoms with E-state index in [2.05, 4.69) is 10.6 Å². The van der Waals surface area contributed by atoms with Crippen LogP contribution in [-0.4, -0.2) is 35.8 Å². The standard InChI is InChI=1S/C23H24N2O5/c1-15(21(27)25-23(29)24-19-9-5-6-10-19)30-22(28)18-13-11-17(12-14-18)20(26)16-7-3-2-4-8-16/h2-4,7-8,11-15,19H,5-6,9-10H2,1H3,(H2,24,25,27,29)/t15-/m1/s1. The van der Waals surface area contributed by atoms with Crippen LogP contribution < -0.4 is 10.6 Å². The highest BCUT2D eigenvalue weighted by Gasteiger charge is 2.23. The molecule has 156 valence electrons. The van der Waals surface area contributed by atoms with Crippen LogP contribution in [-0.2, 0) is 9.53 Å². The van der Waals surface area contributed by atoms with Gasteiger partial charge in [-0.15, -0.1) is 0 Å². The van der Waals surface area contributed by atoms with E-state index in [1.807, 2.05) is 6.07 Å². The van der Waals surface area contributed by atoms with Gasteiger partial charge in [-0.2, -0.15) is 0 Å². The maximum absolute atomic E-state index is 12.4. The van der Waals surface area contributed by atoms with Crippen LogP contribution in [0.15, 0.2) is 54.6 Å². The number of amides is 3. The first-order valence-corrected chi connectivity index (χ1v) is 9.96. The summed E-state index contributed by atoms with van der Waals surface area (Å²) in [6.45, 7) is 1.39. The number of carbonyl (C=O) groups excluding carboxylic acids is 4. The molecule has 30 heavy (non-hydrogen) atoms. The number of urea groups is 1. The van der Waals surface area contributed by atoms with Gasteiger partial charge in [0.1, 0.15) is 0 Å². The zero-order valence-corrected chi connectivity index (χ0v) is 16.7. The molecule has 0 heterocycles. The van der Waals surface area contributed by atoms with Crippen LogP contribution in [0.2, 0.25) is 0 Å². The molecule has 0 unspecified atom stereocenters. The van der Waals surface area contributed by atoms with E-state index >= 15 is 0 Å². The fourth-order valence-electron chi connectivity index (χ4n) is 3.30. The summed E-state index contributed by atoms with van der Waals surface area (Å²) in [5, 5.41) is 4.93. The van der Waals surface area contributed by atoms with Crippen molar-refractivity contribution < 1.29 is 23.9 Å². The van der Waals surface area contributed by atoms with E-state index in [9.17, 15) is 19.2 Å². The summed E-state index contributed by atoms with van der Waals surface area (Å²) in [7, 11) is 0. The summed E-state index contributed by atoms with van der Waals surface area (Å²) < 4.78 is 5.14. The zero-order chi connectivity index (χ0) is 21.5. The third-order valence-corrected chi connectivity index (χ3v) is 5.00. The van der Waals surface area contributed by atoms with Gasteiger partial charge in [0.25, 0.3) is 5.91 Å². The van der Waals surface area contributed by atoms with Gasteiger partial charge in [0, 0.05) is 17.2 Å². The van der Waals surface area contributed by atoms with E-state index < -0.39 is 24.0 Å². The number of imide groups is 1. The second-order valence-electron chi connectivity index (χ2n) is 7.26. The molecule has 1 atom stereocenters. The lowest BCUT2D eigenvalue weighted by Gasteiger charge is -2.15. The van der Waals surface area contributed by atoms with Gasteiger partial charge in [-0.3, -0.25) is 14.9 Å². The molecule has 0 aliphatic heterocycles. The molecule has 1 aliphatic carbocycles. The number of hydrogen-bond donors (Lipinski definition) is 2. The molecular formula is C23H24N2O5. The predicted molar refractivity (Wildman–Crippen MR) is 110 cm³/mol. The first-order valence-electron chi connectivity index (χ1n) is 9.96. The molecule has 1 aliphatic rings. The second kappa shape index (κ2) is 9.82. The van der Waals surface area contributed by atoms with E-state index in [0.717, 1.165) is 25.7 Å². The molecule has 1 fully saturated rings. The van der Waals surface area contributed by atoms with Crippen molar-refractivity contribution >= 4 is 23.7 Å². The number of nitrogens with one attached hydrogen (secondary N) is 2. The van der Waals surface area contributed by atoms with Gasteiger partial charge in [-0.1, -0.05) is 55.3 Å². The van der Waals surface area contributed by atoms with Crippen molar-refractivity contribution in [2.75, 3.05) is 0 Å². The van der Waals surface area contributed by atoms with Gasteiger partial charge in [-0.05, 0) is 31.9 Å². The normalized spacial score (nSPS) is 14.6. The summed E-state index contributed by atoms with van der Waals surface area (Å²) in [6.07, 6.45) is 2.77. The Kier molecular flexibility index (Phi) is 6.95. The molecule has 7 nitrogen and oxygen atoms in total. The molecular weight excluding hydrogens is 384 g/mol. The average Bonchev–Trinajstić information content (AvgIpc) is 3.26. The second-order valence-corrected chi connectivity index (χ2v) is 7.26. The minimum absolute atomic E-state index is 0.0766. The van der Waals surface area contributed by atoms with Crippen molar-refractivity contribution in [3.05, 3.63) is 71.3 Å². The van der Waals surface area contributed by atoms with Crippen LogP contribution in [0.3, 0.4) is 0 Å². The first-order chi connectivity index (χ1) is 14.4.